The number of aryl methyl sites for hydroxylation is 1. The van der Waals surface area contributed by atoms with Crippen LogP contribution in [-0.2, 0) is 26.2 Å². The molecule has 0 fully saturated rings. The Balaban J connectivity index is 0.000000154. The van der Waals surface area contributed by atoms with E-state index >= 15 is 0 Å². The molecule has 0 spiro atoms. The molecule has 11 aromatic carbocycles. The fraction of sp³-hybridized carbons (Fsp3) is 0.165. The minimum absolute atomic E-state index is 0.0291. The molecule has 0 saturated heterocycles. The number of carbonyl (C=O) groups excluding carboxylic acids is 4. The molecule has 4 amide bonds. The highest BCUT2D eigenvalue weighted by atomic mass is 79.9. The number of ether oxygens (including phenoxy) is 4. The van der Waals surface area contributed by atoms with Gasteiger partial charge in [-0.25, -0.2) is 35.5 Å². The number of hydrogen-bond acceptors (Lipinski definition) is 10. The van der Waals surface area contributed by atoms with Crippen molar-refractivity contribution < 1.29 is 97.0 Å². The summed E-state index contributed by atoms with van der Waals surface area (Å²) in [6.07, 6.45) is -4.80. The van der Waals surface area contributed by atoms with E-state index in [-0.39, 0.29) is 111 Å². The van der Waals surface area contributed by atoms with Gasteiger partial charge in [-0.15, -0.1) is 13.2 Å². The molecular formula is C85H67Br3F10N4O11. The third-order valence-electron chi connectivity index (χ3n) is 17.2. The average Bonchev–Trinajstić information content (AvgIpc) is 1.78. The van der Waals surface area contributed by atoms with E-state index in [0.717, 1.165) is 63.7 Å². The molecule has 0 bridgehead atoms. The molecule has 0 saturated carbocycles. The van der Waals surface area contributed by atoms with Crippen LogP contribution in [0.3, 0.4) is 0 Å². The molecule has 0 aliphatic carbocycles. The van der Waals surface area contributed by atoms with Gasteiger partial charge in [0.1, 0.15) is 25.6 Å². The number of aliphatic hydroxyl groups is 1. The topological polar surface area (TPSA) is 176 Å². The highest BCUT2D eigenvalue weighted by Gasteiger charge is 2.33. The lowest BCUT2D eigenvalue weighted by molar-refractivity contribution is -0.274. The monoisotopic (exact) mass is 1750 g/mol. The Hall–Kier alpha value is -11.3. The third kappa shape index (κ3) is 22.9. The van der Waals surface area contributed by atoms with Gasteiger partial charge in [0.15, 0.2) is 58.0 Å². The largest absolute Gasteiger partial charge is 0.573 e. The minimum atomic E-state index is -4.80. The van der Waals surface area contributed by atoms with Crippen molar-refractivity contribution in [1.82, 2.24) is 19.6 Å². The van der Waals surface area contributed by atoms with Gasteiger partial charge in [-0.05, 0) is 124 Å². The maximum absolute atomic E-state index is 14.8. The summed E-state index contributed by atoms with van der Waals surface area (Å²) in [6.45, 7) is 5.10. The zero-order chi connectivity index (χ0) is 81.0. The summed E-state index contributed by atoms with van der Waals surface area (Å²) in [4.78, 5) is 67.8. The number of carbonyl (C=O) groups is 5. The van der Waals surface area contributed by atoms with Crippen molar-refractivity contribution in [2.24, 2.45) is 0 Å². The molecular weight excluding hydrogens is 1680 g/mol. The first kappa shape index (κ1) is 84.1. The number of aliphatic hydroxyl groups excluding tert-OH is 1. The number of amides is 4. The Morgan fingerprint density at radius 2 is 0.788 bits per heavy atom. The summed E-state index contributed by atoms with van der Waals surface area (Å²) in [5.41, 5.74) is 6.83. The molecule has 584 valence electrons. The molecule has 11 aromatic rings. The maximum Gasteiger partial charge on any atom is 0.573 e. The van der Waals surface area contributed by atoms with Crippen molar-refractivity contribution >= 4 is 77.4 Å². The molecule has 3 aliphatic rings. The number of rotatable bonds is 15. The van der Waals surface area contributed by atoms with E-state index < -0.39 is 64.5 Å². The number of benzene rings is 11. The zero-order valence-corrected chi connectivity index (χ0v) is 64.5. The van der Waals surface area contributed by atoms with Crippen LogP contribution >= 0.6 is 47.8 Å². The van der Waals surface area contributed by atoms with Crippen LogP contribution in [0.2, 0.25) is 0 Å². The van der Waals surface area contributed by atoms with Gasteiger partial charge in [0, 0.05) is 46.1 Å². The predicted octanol–water partition coefficient (Wildman–Crippen LogP) is 19.7. The number of nitrogens with zero attached hydrogens (tertiary/aromatic N) is 4. The minimum Gasteiger partial charge on any atom is -0.488 e. The predicted molar refractivity (Wildman–Crippen MR) is 413 cm³/mol. The van der Waals surface area contributed by atoms with E-state index in [9.17, 15) is 67.9 Å². The van der Waals surface area contributed by atoms with E-state index in [1.54, 1.807) is 26.8 Å². The maximum atomic E-state index is 14.8. The lowest BCUT2D eigenvalue weighted by Gasteiger charge is -2.22. The van der Waals surface area contributed by atoms with Crippen molar-refractivity contribution in [3.8, 4) is 45.3 Å². The molecule has 2 N–H and O–H groups in total. The van der Waals surface area contributed by atoms with E-state index in [4.69, 9.17) is 24.4 Å². The van der Waals surface area contributed by atoms with Gasteiger partial charge in [0.2, 0.25) is 0 Å². The second-order valence-corrected chi connectivity index (χ2v) is 28.0. The Morgan fingerprint density at radius 1 is 0.442 bits per heavy atom. The van der Waals surface area contributed by atoms with Crippen molar-refractivity contribution in [3.63, 3.8) is 0 Å². The normalized spacial score (nSPS) is 12.9. The first-order chi connectivity index (χ1) is 54.1. The van der Waals surface area contributed by atoms with Gasteiger partial charge >= 0.3 is 12.3 Å². The van der Waals surface area contributed by atoms with E-state index in [2.05, 4.69) is 52.5 Å². The van der Waals surface area contributed by atoms with Crippen LogP contribution in [0.5, 0.6) is 23.0 Å². The van der Waals surface area contributed by atoms with Crippen LogP contribution in [-0.4, -0.2) is 118 Å². The summed E-state index contributed by atoms with van der Waals surface area (Å²) in [7, 11) is 0. The highest BCUT2D eigenvalue weighted by molar-refractivity contribution is 9.11. The molecule has 15 nitrogen and oxygen atoms in total. The summed E-state index contributed by atoms with van der Waals surface area (Å²) in [6, 6.07) is 63.6. The third-order valence-corrected chi connectivity index (χ3v) is 18.6. The number of halogens is 13. The quantitative estimate of drug-likeness (QED) is 0.0738. The van der Waals surface area contributed by atoms with Crippen LogP contribution in [0.1, 0.15) is 79.6 Å². The summed E-state index contributed by atoms with van der Waals surface area (Å²) in [5, 5.41) is 17.5. The van der Waals surface area contributed by atoms with Crippen LogP contribution in [0.4, 0.5) is 43.9 Å². The lowest BCUT2D eigenvalue weighted by atomic mass is 10.0. The lowest BCUT2D eigenvalue weighted by Crippen LogP contribution is -2.33. The first-order valence-electron chi connectivity index (χ1n) is 34.6. The highest BCUT2D eigenvalue weighted by Crippen LogP contribution is 2.37. The van der Waals surface area contributed by atoms with Gasteiger partial charge in [-0.3, -0.25) is 19.2 Å². The number of fused-ring (bicyclic) bond motifs is 3. The van der Waals surface area contributed by atoms with E-state index in [0.29, 0.717) is 60.4 Å². The molecule has 113 heavy (non-hydrogen) atoms. The van der Waals surface area contributed by atoms with Crippen LogP contribution in [0, 0.1) is 47.6 Å². The van der Waals surface area contributed by atoms with Crippen molar-refractivity contribution in [2.75, 3.05) is 52.6 Å². The number of hydrogen-bond donors (Lipinski definition) is 2. The number of alkyl halides is 3. The van der Waals surface area contributed by atoms with Gasteiger partial charge in [0.05, 0.1) is 54.1 Å². The molecule has 28 heteroatoms. The number of aromatic carboxylic acids is 1. The van der Waals surface area contributed by atoms with Gasteiger partial charge in [-0.1, -0.05) is 211 Å². The van der Waals surface area contributed by atoms with Crippen LogP contribution < -0.4 is 18.9 Å². The Labute approximate surface area is 667 Å². The number of carboxylic acid groups (broad SMARTS) is 1. The Bertz CT molecular complexity index is 5180. The second kappa shape index (κ2) is 39.2. The Morgan fingerprint density at radius 3 is 1.18 bits per heavy atom. The summed E-state index contributed by atoms with van der Waals surface area (Å²) in [5.74, 6) is -9.93. The van der Waals surface area contributed by atoms with Crippen LogP contribution in [0.15, 0.2) is 244 Å². The SMILES string of the molecule is Cc1ccc(-c2cc(F)c3c(c2)C(=O)N(Cc2ccccc2)CCO3)cc1.O=C(O)c1cc(Br)cc(F)c1F.O=C(c1cc(Br)cc(F)c1F)N(CCO)Cc1ccccc1.O=C1c2cc(-c3ccc(OC(F)(F)F)cc3)cc(F)c2OCCN1Cc1ccccc1.O=C1c2cc(Br)cc(F)c2OCCN1Cc1ccccc1. The smallest absolute Gasteiger partial charge is 0.488 e. The molecule has 14 rings (SSSR count). The van der Waals surface area contributed by atoms with E-state index in [1.807, 2.05) is 153 Å². The fourth-order valence-electron chi connectivity index (χ4n) is 11.8. The molecule has 3 heterocycles. The van der Waals surface area contributed by atoms with Gasteiger partial charge in [-0.2, -0.15) is 0 Å². The van der Waals surface area contributed by atoms with Crippen molar-refractivity contribution in [1.29, 1.82) is 0 Å². The zero-order valence-electron chi connectivity index (χ0n) is 59.7. The first-order valence-corrected chi connectivity index (χ1v) is 36.9. The Kier molecular flexibility index (Phi) is 29.2. The molecule has 0 aromatic heterocycles. The number of carboxylic acids is 1. The molecule has 0 atom stereocenters. The molecule has 3 aliphatic heterocycles. The second-order valence-electron chi connectivity index (χ2n) is 25.3. The van der Waals surface area contributed by atoms with Gasteiger partial charge < -0.3 is 48.8 Å². The molecule has 0 radical (unpaired) electrons. The van der Waals surface area contributed by atoms with Gasteiger partial charge in [0.25, 0.3) is 23.6 Å². The summed E-state index contributed by atoms with van der Waals surface area (Å²) < 4.78 is 154. The standard InChI is InChI=1S/C23H17F4NO3.C23H20FNO2.C16H14BrF2NO2.C16H13BrFNO2.C7H3BrF2O2/c24-20-13-17(16-6-8-18(9-7-16)31-23(25,26)27)12-19-21(20)30-11-10-28(22(19)29)14-15-4-2-1-3-5-15;1-16-7-9-18(10-8-16)19-13-20-22(21(24)14-19)27-12-11-25(23(20)26)15-17-5-3-2-4-6-17;17-12-8-13(15(19)14(18)9-12)16(22)20(6-7-21)10-11-4-2-1-3-5-11;17-12-8-13-15(14(18)9-12)21-7-6-19(16(13)20)10-11-4-2-1-3-5-11;8-3-1-4(7(11)12)6(10)5(9)2-3/h1-9,12-13H,10-11,14H2;2-10,13-14H,11-12,15H2,1H3;1-5,8-9,21H,6-7,10H2;1-5,8-9H,6-7,10H2;1-2H,(H,11,12). The van der Waals surface area contributed by atoms with Crippen LogP contribution in [0.25, 0.3) is 22.3 Å². The van der Waals surface area contributed by atoms with Crippen molar-refractivity contribution in [2.45, 2.75) is 39.5 Å². The average molecular weight is 1750 g/mol. The summed E-state index contributed by atoms with van der Waals surface area (Å²) >= 11 is 9.10. The molecule has 0 unspecified atom stereocenters. The van der Waals surface area contributed by atoms with Crippen molar-refractivity contribution in [3.05, 3.63) is 340 Å². The van der Waals surface area contributed by atoms with E-state index in [1.165, 1.54) is 47.4 Å². The fourth-order valence-corrected chi connectivity index (χ4v) is 13.1.